The van der Waals surface area contributed by atoms with Gasteiger partial charge >= 0.3 is 0 Å². The van der Waals surface area contributed by atoms with E-state index < -0.39 is 0 Å². The molecule has 1 heterocycles. The fraction of sp³-hybridized carbons (Fsp3) is 1.00. The number of nitrogens with one attached hydrogen (secondary N) is 1. The van der Waals surface area contributed by atoms with E-state index in [4.69, 9.17) is 5.73 Å². The van der Waals surface area contributed by atoms with Crippen molar-refractivity contribution in [3.8, 4) is 0 Å². The first kappa shape index (κ1) is 15.3. The summed E-state index contributed by atoms with van der Waals surface area (Å²) < 4.78 is 0. The van der Waals surface area contributed by atoms with Gasteiger partial charge in [-0.15, -0.1) is 0 Å². The zero-order valence-electron chi connectivity index (χ0n) is 13.0. The number of likely N-dealkylation sites (tertiary alicyclic amines) is 1. The Kier molecular flexibility index (Phi) is 5.67. The summed E-state index contributed by atoms with van der Waals surface area (Å²) >= 11 is 0. The molecule has 3 nitrogen and oxygen atoms in total. The first-order valence-electron chi connectivity index (χ1n) is 8.34. The monoisotopic (exact) mass is 267 g/mol. The fourth-order valence-electron chi connectivity index (χ4n) is 3.51. The van der Waals surface area contributed by atoms with E-state index in [-0.39, 0.29) is 5.54 Å². The molecule has 0 bridgehead atoms. The molecule has 2 fully saturated rings. The molecule has 3 heteroatoms. The number of nitrogens with zero attached hydrogens (tertiary/aromatic N) is 1. The van der Waals surface area contributed by atoms with E-state index in [1.165, 1.54) is 64.6 Å². The Morgan fingerprint density at radius 3 is 2.58 bits per heavy atom. The first-order valence-corrected chi connectivity index (χ1v) is 8.34. The normalized spacial score (nSPS) is 30.3. The number of hydrogen-bond donors (Lipinski definition) is 2. The van der Waals surface area contributed by atoms with E-state index in [9.17, 15) is 0 Å². The lowest BCUT2D eigenvalue weighted by atomic mass is 9.82. The van der Waals surface area contributed by atoms with Crippen molar-refractivity contribution in [3.63, 3.8) is 0 Å². The third kappa shape index (κ3) is 4.17. The topological polar surface area (TPSA) is 41.3 Å². The minimum absolute atomic E-state index is 0.216. The van der Waals surface area contributed by atoms with Gasteiger partial charge in [0.1, 0.15) is 0 Å². The van der Waals surface area contributed by atoms with E-state index in [1.807, 2.05) is 0 Å². The summed E-state index contributed by atoms with van der Waals surface area (Å²) in [4.78, 5) is 2.60. The van der Waals surface area contributed by atoms with Crippen LogP contribution in [0.25, 0.3) is 0 Å². The van der Waals surface area contributed by atoms with Gasteiger partial charge in [0.25, 0.3) is 0 Å². The molecule has 1 aliphatic carbocycles. The number of rotatable bonds is 6. The predicted octanol–water partition coefficient (Wildman–Crippen LogP) is 2.36. The largest absolute Gasteiger partial charge is 0.329 e. The summed E-state index contributed by atoms with van der Waals surface area (Å²) in [6, 6.07) is 0.670. The SMILES string of the molecule is CC(C)N1CCCC(CN)(NCCC2CCC2)CC1. The van der Waals surface area contributed by atoms with Crippen molar-refractivity contribution < 1.29 is 0 Å². The van der Waals surface area contributed by atoms with Gasteiger partial charge in [-0.2, -0.15) is 0 Å². The average molecular weight is 267 g/mol. The van der Waals surface area contributed by atoms with Crippen molar-refractivity contribution in [2.75, 3.05) is 26.2 Å². The highest BCUT2D eigenvalue weighted by Crippen LogP contribution is 2.29. The highest BCUT2D eigenvalue weighted by atomic mass is 15.2. The molecule has 0 spiro atoms. The van der Waals surface area contributed by atoms with Crippen molar-refractivity contribution >= 4 is 0 Å². The first-order chi connectivity index (χ1) is 9.15. The molecular formula is C16H33N3. The van der Waals surface area contributed by atoms with Gasteiger partial charge in [-0.3, -0.25) is 0 Å². The van der Waals surface area contributed by atoms with Crippen LogP contribution >= 0.6 is 0 Å². The fourth-order valence-corrected chi connectivity index (χ4v) is 3.51. The van der Waals surface area contributed by atoms with E-state index in [1.54, 1.807) is 0 Å². The van der Waals surface area contributed by atoms with Gasteiger partial charge in [0, 0.05) is 24.7 Å². The third-order valence-corrected chi connectivity index (χ3v) is 5.38. The molecule has 2 rings (SSSR count). The van der Waals surface area contributed by atoms with Gasteiger partial charge in [0.15, 0.2) is 0 Å². The molecule has 2 aliphatic rings. The molecule has 3 N–H and O–H groups in total. The Balaban J connectivity index is 1.79. The van der Waals surface area contributed by atoms with Crippen molar-refractivity contribution in [1.29, 1.82) is 0 Å². The van der Waals surface area contributed by atoms with Crippen LogP contribution in [-0.2, 0) is 0 Å². The smallest absolute Gasteiger partial charge is 0.0316 e. The molecule has 0 aromatic rings. The summed E-state index contributed by atoms with van der Waals surface area (Å²) in [7, 11) is 0. The van der Waals surface area contributed by atoms with Gasteiger partial charge in [0.2, 0.25) is 0 Å². The van der Waals surface area contributed by atoms with Crippen LogP contribution in [0, 0.1) is 5.92 Å². The van der Waals surface area contributed by atoms with Crippen LogP contribution in [0.5, 0.6) is 0 Å². The number of nitrogens with two attached hydrogens (primary N) is 1. The Morgan fingerprint density at radius 2 is 2.00 bits per heavy atom. The van der Waals surface area contributed by atoms with Crippen LogP contribution in [-0.4, -0.2) is 42.7 Å². The standard InChI is InChI=1S/C16H33N3/c1-14(2)19-11-4-8-16(13-17,9-12-19)18-10-7-15-5-3-6-15/h14-15,18H,3-13,17H2,1-2H3. The molecule has 1 unspecified atom stereocenters. The highest BCUT2D eigenvalue weighted by Gasteiger charge is 2.31. The van der Waals surface area contributed by atoms with Gasteiger partial charge in [-0.05, 0) is 58.5 Å². The van der Waals surface area contributed by atoms with Crippen molar-refractivity contribution in [3.05, 3.63) is 0 Å². The van der Waals surface area contributed by atoms with Gasteiger partial charge in [-0.1, -0.05) is 19.3 Å². The maximum Gasteiger partial charge on any atom is 0.0316 e. The Bertz CT molecular complexity index is 263. The van der Waals surface area contributed by atoms with E-state index >= 15 is 0 Å². The van der Waals surface area contributed by atoms with Crippen LogP contribution in [0.15, 0.2) is 0 Å². The second-order valence-corrected chi connectivity index (χ2v) is 6.98. The lowest BCUT2D eigenvalue weighted by Gasteiger charge is -2.35. The summed E-state index contributed by atoms with van der Waals surface area (Å²) in [6.07, 6.45) is 9.47. The quantitative estimate of drug-likeness (QED) is 0.776. The van der Waals surface area contributed by atoms with E-state index in [0.29, 0.717) is 6.04 Å². The second kappa shape index (κ2) is 7.05. The predicted molar refractivity (Wildman–Crippen MR) is 82.3 cm³/mol. The molecule has 1 atom stereocenters. The molecule has 1 aliphatic heterocycles. The molecule has 19 heavy (non-hydrogen) atoms. The van der Waals surface area contributed by atoms with Crippen LogP contribution in [0.3, 0.4) is 0 Å². The molecule has 0 radical (unpaired) electrons. The Labute approximate surface area is 119 Å². The third-order valence-electron chi connectivity index (χ3n) is 5.38. The molecule has 0 aromatic heterocycles. The van der Waals surface area contributed by atoms with Crippen LogP contribution in [0.1, 0.15) is 58.8 Å². The van der Waals surface area contributed by atoms with Gasteiger partial charge in [0.05, 0.1) is 0 Å². The van der Waals surface area contributed by atoms with Gasteiger partial charge in [-0.25, -0.2) is 0 Å². The zero-order chi connectivity index (χ0) is 13.7. The molecular weight excluding hydrogens is 234 g/mol. The summed E-state index contributed by atoms with van der Waals surface area (Å²) in [5.41, 5.74) is 6.33. The zero-order valence-corrected chi connectivity index (χ0v) is 13.0. The highest BCUT2D eigenvalue weighted by molar-refractivity contribution is 4.93. The van der Waals surface area contributed by atoms with Crippen molar-refractivity contribution in [2.24, 2.45) is 11.7 Å². The number of hydrogen-bond acceptors (Lipinski definition) is 3. The van der Waals surface area contributed by atoms with E-state index in [0.717, 1.165) is 12.5 Å². The minimum Gasteiger partial charge on any atom is -0.329 e. The summed E-state index contributed by atoms with van der Waals surface area (Å²) in [5, 5.41) is 3.83. The van der Waals surface area contributed by atoms with Crippen molar-refractivity contribution in [1.82, 2.24) is 10.2 Å². The second-order valence-electron chi connectivity index (χ2n) is 6.98. The molecule has 0 amide bonds. The van der Waals surface area contributed by atoms with Gasteiger partial charge < -0.3 is 16.0 Å². The summed E-state index contributed by atoms with van der Waals surface area (Å²) in [5.74, 6) is 1.00. The molecule has 1 saturated carbocycles. The summed E-state index contributed by atoms with van der Waals surface area (Å²) in [6.45, 7) is 9.01. The van der Waals surface area contributed by atoms with Crippen LogP contribution < -0.4 is 11.1 Å². The Hall–Kier alpha value is -0.120. The van der Waals surface area contributed by atoms with Crippen LogP contribution in [0.4, 0.5) is 0 Å². The Morgan fingerprint density at radius 1 is 1.21 bits per heavy atom. The molecule has 1 saturated heterocycles. The molecule has 112 valence electrons. The average Bonchev–Trinajstić information content (AvgIpc) is 2.56. The lowest BCUT2D eigenvalue weighted by molar-refractivity contribution is 0.214. The molecule has 0 aromatic carbocycles. The lowest BCUT2D eigenvalue weighted by Crippen LogP contribution is -2.52. The maximum absolute atomic E-state index is 6.11. The maximum atomic E-state index is 6.11. The van der Waals surface area contributed by atoms with Crippen molar-refractivity contribution in [2.45, 2.75) is 70.4 Å². The minimum atomic E-state index is 0.216. The van der Waals surface area contributed by atoms with Crippen LogP contribution in [0.2, 0.25) is 0 Å². The van der Waals surface area contributed by atoms with E-state index in [2.05, 4.69) is 24.1 Å².